The van der Waals surface area contributed by atoms with E-state index >= 15 is 0 Å². The third-order valence-corrected chi connectivity index (χ3v) is 3.26. The molecule has 14 heavy (non-hydrogen) atoms. The minimum Gasteiger partial charge on any atom is -0.303 e. The van der Waals surface area contributed by atoms with Gasteiger partial charge in [-0.25, -0.2) is 0 Å². The minimum atomic E-state index is 0.0348. The van der Waals surface area contributed by atoms with Gasteiger partial charge in [-0.15, -0.1) is 0 Å². The standard InChI is InChI=1S/C11H20O2S/c1-5-10(9(4)6-7-12)11(13)14-8(2)3/h7-10H,5-6H2,1-4H3/t9-,10+/m0/s1. The first-order valence-corrected chi connectivity index (χ1v) is 6.05. The van der Waals surface area contributed by atoms with Crippen LogP contribution in [-0.4, -0.2) is 16.7 Å². The molecule has 0 spiro atoms. The lowest BCUT2D eigenvalue weighted by atomic mass is 9.91. The summed E-state index contributed by atoms with van der Waals surface area (Å²) >= 11 is 1.39. The Morgan fingerprint density at radius 2 is 1.93 bits per heavy atom. The van der Waals surface area contributed by atoms with Crippen molar-refractivity contribution in [1.29, 1.82) is 0 Å². The van der Waals surface area contributed by atoms with Crippen molar-refractivity contribution in [2.45, 2.75) is 45.8 Å². The van der Waals surface area contributed by atoms with Gasteiger partial charge in [-0.2, -0.15) is 0 Å². The Morgan fingerprint density at radius 3 is 2.29 bits per heavy atom. The van der Waals surface area contributed by atoms with E-state index in [1.54, 1.807) is 0 Å². The number of hydrogen-bond donors (Lipinski definition) is 0. The summed E-state index contributed by atoms with van der Waals surface area (Å²) < 4.78 is 0. The quantitative estimate of drug-likeness (QED) is 0.640. The maximum absolute atomic E-state index is 11.7. The second-order valence-corrected chi connectivity index (χ2v) is 5.46. The van der Waals surface area contributed by atoms with Crippen molar-refractivity contribution in [2.24, 2.45) is 11.8 Å². The molecule has 0 fully saturated rings. The van der Waals surface area contributed by atoms with E-state index in [1.165, 1.54) is 11.8 Å². The van der Waals surface area contributed by atoms with Gasteiger partial charge in [0.2, 0.25) is 0 Å². The van der Waals surface area contributed by atoms with Crippen LogP contribution < -0.4 is 0 Å². The highest BCUT2D eigenvalue weighted by molar-refractivity contribution is 8.14. The van der Waals surface area contributed by atoms with Crippen molar-refractivity contribution < 1.29 is 9.59 Å². The minimum absolute atomic E-state index is 0.0348. The first-order chi connectivity index (χ1) is 6.52. The van der Waals surface area contributed by atoms with Crippen molar-refractivity contribution in [3.63, 3.8) is 0 Å². The van der Waals surface area contributed by atoms with Crippen LogP contribution in [0.3, 0.4) is 0 Å². The smallest absolute Gasteiger partial charge is 0.192 e. The van der Waals surface area contributed by atoms with Crippen molar-refractivity contribution in [3.05, 3.63) is 0 Å². The summed E-state index contributed by atoms with van der Waals surface area (Å²) in [4.78, 5) is 22.1. The summed E-state index contributed by atoms with van der Waals surface area (Å²) in [5.41, 5.74) is 0. The normalized spacial score (nSPS) is 15.2. The Balaban J connectivity index is 4.23. The molecule has 0 N–H and O–H groups in total. The van der Waals surface area contributed by atoms with Crippen LogP contribution >= 0.6 is 11.8 Å². The molecule has 0 aliphatic rings. The van der Waals surface area contributed by atoms with Crippen molar-refractivity contribution in [2.75, 3.05) is 0 Å². The fourth-order valence-corrected chi connectivity index (χ4v) is 2.48. The molecule has 0 saturated carbocycles. The van der Waals surface area contributed by atoms with E-state index in [0.717, 1.165) is 12.7 Å². The molecule has 0 saturated heterocycles. The molecule has 0 radical (unpaired) electrons. The number of rotatable bonds is 6. The molecule has 0 aliphatic carbocycles. The highest BCUT2D eigenvalue weighted by Crippen LogP contribution is 2.26. The molecule has 82 valence electrons. The number of carbonyl (C=O) groups is 2. The first-order valence-electron chi connectivity index (χ1n) is 5.17. The van der Waals surface area contributed by atoms with Gasteiger partial charge in [-0.1, -0.05) is 39.5 Å². The van der Waals surface area contributed by atoms with Crippen LogP contribution in [0.2, 0.25) is 0 Å². The van der Waals surface area contributed by atoms with Gasteiger partial charge >= 0.3 is 0 Å². The second-order valence-electron chi connectivity index (χ2n) is 3.88. The fraction of sp³-hybridized carbons (Fsp3) is 0.818. The molecule has 0 aromatic heterocycles. The van der Waals surface area contributed by atoms with E-state index in [4.69, 9.17) is 0 Å². The van der Waals surface area contributed by atoms with Crippen LogP contribution in [0, 0.1) is 11.8 Å². The van der Waals surface area contributed by atoms with Crippen LogP contribution in [0.5, 0.6) is 0 Å². The number of thioether (sulfide) groups is 1. The lowest BCUT2D eigenvalue weighted by molar-refractivity contribution is -0.116. The monoisotopic (exact) mass is 216 g/mol. The zero-order chi connectivity index (χ0) is 11.1. The van der Waals surface area contributed by atoms with Crippen molar-refractivity contribution >= 4 is 23.2 Å². The van der Waals surface area contributed by atoms with Gasteiger partial charge in [0.15, 0.2) is 5.12 Å². The third-order valence-electron chi connectivity index (χ3n) is 2.25. The van der Waals surface area contributed by atoms with E-state index in [1.807, 2.05) is 27.7 Å². The molecule has 0 aromatic carbocycles. The van der Waals surface area contributed by atoms with Gasteiger partial charge in [-0.3, -0.25) is 4.79 Å². The molecule has 0 aliphatic heterocycles. The maximum atomic E-state index is 11.7. The topological polar surface area (TPSA) is 34.1 Å². The zero-order valence-corrected chi connectivity index (χ0v) is 10.3. The summed E-state index contributed by atoms with van der Waals surface area (Å²) in [5.74, 6) is 0.212. The van der Waals surface area contributed by atoms with Crippen molar-refractivity contribution in [1.82, 2.24) is 0 Å². The predicted octanol–water partition coefficient (Wildman–Crippen LogP) is 2.91. The van der Waals surface area contributed by atoms with E-state index in [0.29, 0.717) is 11.7 Å². The second kappa shape index (κ2) is 7.04. The zero-order valence-electron chi connectivity index (χ0n) is 9.45. The molecule has 0 rings (SSSR count). The van der Waals surface area contributed by atoms with E-state index in [2.05, 4.69) is 0 Å². The summed E-state index contributed by atoms with van der Waals surface area (Å²) in [6.45, 7) is 8.01. The number of carbonyl (C=O) groups excluding carboxylic acids is 2. The van der Waals surface area contributed by atoms with E-state index in [9.17, 15) is 9.59 Å². The molecular weight excluding hydrogens is 196 g/mol. The number of aldehydes is 1. The van der Waals surface area contributed by atoms with Crippen LogP contribution in [-0.2, 0) is 9.59 Å². The molecule has 2 atom stereocenters. The van der Waals surface area contributed by atoms with Gasteiger partial charge in [0, 0.05) is 17.6 Å². The SMILES string of the molecule is CC[C@@H](C(=O)SC(C)C)[C@@H](C)CC=O. The molecule has 3 heteroatoms. The molecule has 0 amide bonds. The first kappa shape index (κ1) is 13.7. The molecule has 0 heterocycles. The Morgan fingerprint density at radius 1 is 1.36 bits per heavy atom. The van der Waals surface area contributed by atoms with Crippen molar-refractivity contribution in [3.8, 4) is 0 Å². The highest BCUT2D eigenvalue weighted by Gasteiger charge is 2.23. The Bertz CT molecular complexity index is 190. The molecule has 0 bridgehead atoms. The van der Waals surface area contributed by atoms with Crippen LogP contribution in [0.15, 0.2) is 0 Å². The predicted molar refractivity (Wildman–Crippen MR) is 61.4 cm³/mol. The summed E-state index contributed by atoms with van der Waals surface area (Å²) in [6, 6.07) is 0. The molecule has 2 nitrogen and oxygen atoms in total. The van der Waals surface area contributed by atoms with Gasteiger partial charge in [-0.05, 0) is 12.3 Å². The van der Waals surface area contributed by atoms with E-state index < -0.39 is 0 Å². The Kier molecular flexibility index (Phi) is 6.89. The lowest BCUT2D eigenvalue weighted by Crippen LogP contribution is -2.20. The fourth-order valence-electron chi connectivity index (χ4n) is 1.44. The van der Waals surface area contributed by atoms with Gasteiger partial charge in [0.05, 0.1) is 0 Å². The highest BCUT2D eigenvalue weighted by atomic mass is 32.2. The molecular formula is C11H20O2S. The summed E-state index contributed by atoms with van der Waals surface area (Å²) in [7, 11) is 0. The van der Waals surface area contributed by atoms with Gasteiger partial charge in [0.1, 0.15) is 6.29 Å². The average molecular weight is 216 g/mol. The van der Waals surface area contributed by atoms with Crippen LogP contribution in [0.1, 0.15) is 40.5 Å². The van der Waals surface area contributed by atoms with E-state index in [-0.39, 0.29) is 17.0 Å². The van der Waals surface area contributed by atoms with Crippen LogP contribution in [0.25, 0.3) is 0 Å². The molecule has 0 aromatic rings. The average Bonchev–Trinajstić information content (AvgIpc) is 2.04. The maximum Gasteiger partial charge on any atom is 0.192 e. The Hall–Kier alpha value is -0.310. The van der Waals surface area contributed by atoms with Gasteiger partial charge in [0.25, 0.3) is 0 Å². The largest absolute Gasteiger partial charge is 0.303 e. The lowest BCUT2D eigenvalue weighted by Gasteiger charge is -2.19. The van der Waals surface area contributed by atoms with Crippen LogP contribution in [0.4, 0.5) is 0 Å². The van der Waals surface area contributed by atoms with Gasteiger partial charge < -0.3 is 4.79 Å². The Labute approximate surface area is 90.8 Å². The summed E-state index contributed by atoms with van der Waals surface area (Å²) in [6.07, 6.45) is 2.22. The summed E-state index contributed by atoms with van der Waals surface area (Å²) in [5, 5.41) is 0.567. The number of hydrogen-bond acceptors (Lipinski definition) is 3. The molecule has 0 unspecified atom stereocenters. The third kappa shape index (κ3) is 4.80.